The molecule has 3 aromatic carbocycles. The highest BCUT2D eigenvalue weighted by molar-refractivity contribution is 9.10. The minimum atomic E-state index is -0.440. The minimum absolute atomic E-state index is 0.138. The van der Waals surface area contributed by atoms with Crippen LogP contribution in [0.15, 0.2) is 83.5 Å². The van der Waals surface area contributed by atoms with E-state index in [4.69, 9.17) is 4.74 Å². The van der Waals surface area contributed by atoms with Gasteiger partial charge in [-0.05, 0) is 63.3 Å². The predicted octanol–water partition coefficient (Wildman–Crippen LogP) is 5.74. The molecule has 37 heavy (non-hydrogen) atoms. The number of amides is 1. The van der Waals surface area contributed by atoms with Crippen LogP contribution in [-0.2, 0) is 22.5 Å². The third kappa shape index (κ3) is 6.46. The molecule has 8 heteroatoms. The molecule has 0 unspecified atom stereocenters. The molecule has 7 nitrogen and oxygen atoms in total. The number of hydrogen-bond donors (Lipinski definition) is 1. The molecule has 1 heterocycles. The van der Waals surface area contributed by atoms with Crippen LogP contribution in [-0.4, -0.2) is 35.4 Å². The summed E-state index contributed by atoms with van der Waals surface area (Å²) in [6, 6.07) is 23.5. The maximum atomic E-state index is 13.0. The van der Waals surface area contributed by atoms with Crippen molar-refractivity contribution in [1.29, 1.82) is 0 Å². The Bertz CT molecular complexity index is 1370. The summed E-state index contributed by atoms with van der Waals surface area (Å²) in [6.07, 6.45) is 3.32. The van der Waals surface area contributed by atoms with Gasteiger partial charge >= 0.3 is 5.97 Å². The van der Waals surface area contributed by atoms with Gasteiger partial charge in [-0.2, -0.15) is 5.10 Å². The molecule has 4 aromatic rings. The Morgan fingerprint density at radius 2 is 1.73 bits per heavy atom. The van der Waals surface area contributed by atoms with Gasteiger partial charge in [0.05, 0.1) is 34.7 Å². The van der Waals surface area contributed by atoms with E-state index in [1.165, 1.54) is 7.11 Å². The Kier molecular flexibility index (Phi) is 8.74. The van der Waals surface area contributed by atoms with Gasteiger partial charge in [-0.1, -0.05) is 61.9 Å². The first kappa shape index (κ1) is 26.2. The number of benzene rings is 3. The molecular weight excluding hydrogens is 534 g/mol. The fourth-order valence-electron chi connectivity index (χ4n) is 3.92. The van der Waals surface area contributed by atoms with Crippen molar-refractivity contribution in [2.24, 2.45) is 0 Å². The van der Waals surface area contributed by atoms with Crippen LogP contribution in [0.1, 0.15) is 35.0 Å². The highest BCUT2D eigenvalue weighted by Gasteiger charge is 2.17. The van der Waals surface area contributed by atoms with Crippen molar-refractivity contribution < 1.29 is 19.1 Å². The third-order valence-corrected chi connectivity index (χ3v) is 6.47. The Morgan fingerprint density at radius 1 is 1.00 bits per heavy atom. The lowest BCUT2D eigenvalue weighted by Gasteiger charge is -2.11. The fraction of sp³-hybridized carbons (Fsp3) is 0.207. The van der Waals surface area contributed by atoms with Crippen LogP contribution in [0, 0.1) is 0 Å². The maximum absolute atomic E-state index is 13.0. The summed E-state index contributed by atoms with van der Waals surface area (Å²) < 4.78 is 12.7. The first-order valence-corrected chi connectivity index (χ1v) is 12.8. The molecule has 0 fully saturated rings. The third-order valence-electron chi connectivity index (χ3n) is 5.85. The van der Waals surface area contributed by atoms with Gasteiger partial charge in [-0.25, -0.2) is 9.48 Å². The summed E-state index contributed by atoms with van der Waals surface area (Å²) in [4.78, 5) is 24.3. The van der Waals surface area contributed by atoms with Crippen molar-refractivity contribution in [3.63, 3.8) is 0 Å². The lowest BCUT2D eigenvalue weighted by atomic mass is 10.0. The van der Waals surface area contributed by atoms with E-state index >= 15 is 0 Å². The van der Waals surface area contributed by atoms with Gasteiger partial charge in [-0.3, -0.25) is 4.79 Å². The molecule has 0 aliphatic rings. The molecule has 0 aliphatic carbocycles. The molecule has 0 saturated heterocycles. The molecule has 0 saturated carbocycles. The zero-order chi connectivity index (χ0) is 26.2. The summed E-state index contributed by atoms with van der Waals surface area (Å²) in [5, 5.41) is 7.51. The van der Waals surface area contributed by atoms with Gasteiger partial charge in [0.25, 0.3) is 5.91 Å². The van der Waals surface area contributed by atoms with E-state index in [1.807, 2.05) is 71.4 Å². The Labute approximate surface area is 224 Å². The van der Waals surface area contributed by atoms with Crippen LogP contribution in [0.3, 0.4) is 0 Å². The molecule has 1 aromatic heterocycles. The zero-order valence-electron chi connectivity index (χ0n) is 20.7. The van der Waals surface area contributed by atoms with Gasteiger partial charge in [0.1, 0.15) is 5.75 Å². The van der Waals surface area contributed by atoms with Gasteiger partial charge in [0.15, 0.2) is 6.61 Å². The number of para-hydroxylation sites is 1. The lowest BCUT2D eigenvalue weighted by molar-refractivity contribution is -0.142. The minimum Gasteiger partial charge on any atom is -0.481 e. The number of methoxy groups -OCH3 is 1. The molecule has 1 amide bonds. The summed E-state index contributed by atoms with van der Waals surface area (Å²) in [6.45, 7) is 2.35. The molecule has 0 aliphatic heterocycles. The smallest absolute Gasteiger partial charge is 0.343 e. The van der Waals surface area contributed by atoms with E-state index in [0.29, 0.717) is 17.9 Å². The maximum Gasteiger partial charge on any atom is 0.343 e. The number of rotatable bonds is 10. The van der Waals surface area contributed by atoms with E-state index in [1.54, 1.807) is 12.3 Å². The molecular formula is C29H28BrN3O4. The number of carbonyl (C=O) groups is 2. The first-order chi connectivity index (χ1) is 18.0. The Balaban J connectivity index is 1.41. The van der Waals surface area contributed by atoms with E-state index in [0.717, 1.165) is 45.4 Å². The number of ether oxygens (including phenoxy) is 2. The van der Waals surface area contributed by atoms with Gasteiger partial charge < -0.3 is 14.8 Å². The molecule has 0 radical (unpaired) electrons. The Morgan fingerprint density at radius 3 is 2.41 bits per heavy atom. The van der Waals surface area contributed by atoms with Gasteiger partial charge in [0, 0.05) is 6.54 Å². The summed E-state index contributed by atoms with van der Waals surface area (Å²) >= 11 is 3.50. The highest BCUT2D eigenvalue weighted by atomic mass is 79.9. The number of nitrogens with one attached hydrogen (secondary N) is 1. The SMILES string of the molecule is CCCc1c(C(=O)NCc2ccc(-c3ccc(OCC(=O)OC)c(Br)c3)cc2)cnn1-c1ccccc1. The van der Waals surface area contributed by atoms with Crippen molar-refractivity contribution in [3.8, 4) is 22.6 Å². The monoisotopic (exact) mass is 561 g/mol. The molecule has 0 bridgehead atoms. The molecule has 4 rings (SSSR count). The van der Waals surface area contributed by atoms with Crippen LogP contribution < -0.4 is 10.1 Å². The quantitative estimate of drug-likeness (QED) is 0.250. The predicted molar refractivity (Wildman–Crippen MR) is 146 cm³/mol. The van der Waals surface area contributed by atoms with Gasteiger partial charge in [0.2, 0.25) is 0 Å². The topological polar surface area (TPSA) is 82.4 Å². The zero-order valence-corrected chi connectivity index (χ0v) is 22.3. The van der Waals surface area contributed by atoms with Crippen molar-refractivity contribution in [1.82, 2.24) is 15.1 Å². The highest BCUT2D eigenvalue weighted by Crippen LogP contribution is 2.31. The summed E-state index contributed by atoms with van der Waals surface area (Å²) in [7, 11) is 1.32. The first-order valence-electron chi connectivity index (χ1n) is 12.0. The summed E-state index contributed by atoms with van der Waals surface area (Å²) in [5.74, 6) is -0.0158. The van der Waals surface area contributed by atoms with Crippen LogP contribution in [0.2, 0.25) is 0 Å². The van der Waals surface area contributed by atoms with E-state index in [-0.39, 0.29) is 12.5 Å². The van der Waals surface area contributed by atoms with Crippen molar-refractivity contribution >= 4 is 27.8 Å². The number of esters is 1. The second-order valence-electron chi connectivity index (χ2n) is 8.39. The van der Waals surface area contributed by atoms with Crippen molar-refractivity contribution in [3.05, 3.63) is 100 Å². The van der Waals surface area contributed by atoms with E-state index in [9.17, 15) is 9.59 Å². The van der Waals surface area contributed by atoms with Crippen molar-refractivity contribution in [2.45, 2.75) is 26.3 Å². The fourth-order valence-corrected chi connectivity index (χ4v) is 4.41. The van der Waals surface area contributed by atoms with Crippen LogP contribution >= 0.6 is 15.9 Å². The van der Waals surface area contributed by atoms with E-state index in [2.05, 4.69) is 38.0 Å². The molecule has 0 atom stereocenters. The van der Waals surface area contributed by atoms with Crippen LogP contribution in [0.4, 0.5) is 0 Å². The van der Waals surface area contributed by atoms with Gasteiger partial charge in [-0.15, -0.1) is 0 Å². The van der Waals surface area contributed by atoms with Crippen molar-refractivity contribution in [2.75, 3.05) is 13.7 Å². The number of halogens is 1. The standard InChI is InChI=1S/C29H28BrN3O4/c1-3-7-26-24(18-32-33(26)23-8-5-4-6-9-23)29(35)31-17-20-10-12-21(13-11-20)22-14-15-27(25(30)16-22)37-19-28(34)36-2/h4-6,8-16,18H,3,7,17,19H2,1-2H3,(H,31,35). The molecule has 190 valence electrons. The normalized spacial score (nSPS) is 10.7. The number of nitrogens with zero attached hydrogens (tertiary/aromatic N) is 2. The number of hydrogen-bond acceptors (Lipinski definition) is 5. The largest absolute Gasteiger partial charge is 0.481 e. The average Bonchev–Trinajstić information content (AvgIpc) is 3.35. The number of aromatic nitrogens is 2. The molecule has 0 spiro atoms. The Hall–Kier alpha value is -3.91. The second-order valence-corrected chi connectivity index (χ2v) is 9.25. The molecule has 1 N–H and O–H groups in total. The average molecular weight is 562 g/mol. The van der Waals surface area contributed by atoms with E-state index < -0.39 is 5.97 Å². The van der Waals surface area contributed by atoms with Crippen LogP contribution in [0.5, 0.6) is 5.75 Å². The summed E-state index contributed by atoms with van der Waals surface area (Å²) in [5.41, 5.74) is 5.44. The lowest BCUT2D eigenvalue weighted by Crippen LogP contribution is -2.23. The van der Waals surface area contributed by atoms with Crippen LogP contribution in [0.25, 0.3) is 16.8 Å². The second kappa shape index (κ2) is 12.4. The number of carbonyl (C=O) groups excluding carboxylic acids is 2.